The second kappa shape index (κ2) is 6.59. The number of fused-ring (bicyclic) bond motifs is 1. The van der Waals surface area contributed by atoms with E-state index < -0.39 is 0 Å². The van der Waals surface area contributed by atoms with E-state index in [-0.39, 0.29) is 17.9 Å². The highest BCUT2D eigenvalue weighted by Crippen LogP contribution is 2.17. The van der Waals surface area contributed by atoms with Crippen molar-refractivity contribution in [1.29, 1.82) is 0 Å². The molecule has 1 unspecified atom stereocenters. The van der Waals surface area contributed by atoms with Gasteiger partial charge in [-0.3, -0.25) is 9.59 Å². The minimum Gasteiger partial charge on any atom is -0.347 e. The van der Waals surface area contributed by atoms with Gasteiger partial charge < -0.3 is 10.2 Å². The molecule has 2 aromatic heterocycles. The van der Waals surface area contributed by atoms with Crippen molar-refractivity contribution in [3.8, 4) is 0 Å². The molecule has 1 fully saturated rings. The molecule has 1 N–H and O–H groups in total. The highest BCUT2D eigenvalue weighted by Gasteiger charge is 2.31. The van der Waals surface area contributed by atoms with Crippen LogP contribution in [0, 0.1) is 6.92 Å². The average Bonchev–Trinajstić information content (AvgIpc) is 3.14. The summed E-state index contributed by atoms with van der Waals surface area (Å²) in [4.78, 5) is 31.0. The van der Waals surface area contributed by atoms with Crippen LogP contribution in [-0.2, 0) is 11.3 Å². The fourth-order valence-corrected chi connectivity index (χ4v) is 3.35. The predicted octanol–water partition coefficient (Wildman–Crippen LogP) is 1.57. The van der Waals surface area contributed by atoms with E-state index in [0.29, 0.717) is 36.4 Å². The van der Waals surface area contributed by atoms with Crippen LogP contribution < -0.4 is 5.32 Å². The average molecular weight is 349 g/mol. The van der Waals surface area contributed by atoms with E-state index >= 15 is 0 Å². The molecule has 1 aliphatic rings. The molecule has 26 heavy (non-hydrogen) atoms. The van der Waals surface area contributed by atoms with Crippen molar-refractivity contribution >= 4 is 17.5 Å². The SMILES string of the molecule is Cc1nn2cccnc2c1C(=O)NC1CC(=O)N(Cc2ccccc2)C1. The first-order valence-electron chi connectivity index (χ1n) is 8.54. The van der Waals surface area contributed by atoms with E-state index in [1.807, 2.05) is 30.3 Å². The number of hydrogen-bond acceptors (Lipinski definition) is 4. The Morgan fingerprint density at radius 1 is 1.27 bits per heavy atom. The number of hydrogen-bond donors (Lipinski definition) is 1. The molecule has 0 spiro atoms. The van der Waals surface area contributed by atoms with E-state index in [1.165, 1.54) is 0 Å². The molecule has 4 rings (SSSR count). The minimum atomic E-state index is -0.240. The summed E-state index contributed by atoms with van der Waals surface area (Å²) in [5.74, 6) is -0.190. The number of rotatable bonds is 4. The summed E-state index contributed by atoms with van der Waals surface area (Å²) in [7, 11) is 0. The molecule has 1 saturated heterocycles. The maximum atomic E-state index is 12.7. The zero-order valence-corrected chi connectivity index (χ0v) is 14.4. The number of likely N-dealkylation sites (tertiary alicyclic amines) is 1. The highest BCUT2D eigenvalue weighted by atomic mass is 16.2. The number of carbonyl (C=O) groups excluding carboxylic acids is 2. The van der Waals surface area contributed by atoms with E-state index in [0.717, 1.165) is 5.56 Å². The first-order valence-corrected chi connectivity index (χ1v) is 8.54. The third-order valence-electron chi connectivity index (χ3n) is 4.56. The number of aromatic nitrogens is 3. The Bertz CT molecular complexity index is 966. The fourth-order valence-electron chi connectivity index (χ4n) is 3.35. The van der Waals surface area contributed by atoms with Crippen molar-refractivity contribution in [1.82, 2.24) is 24.8 Å². The largest absolute Gasteiger partial charge is 0.347 e. The lowest BCUT2D eigenvalue weighted by Gasteiger charge is -2.17. The van der Waals surface area contributed by atoms with Crippen LogP contribution in [-0.4, -0.2) is 43.9 Å². The number of nitrogens with zero attached hydrogens (tertiary/aromatic N) is 4. The molecule has 0 saturated carbocycles. The van der Waals surface area contributed by atoms with Crippen LogP contribution >= 0.6 is 0 Å². The standard InChI is InChI=1S/C19H19N5O2/c1-13-17(18-20-8-5-9-24(18)22-13)19(26)21-15-10-16(25)23(12-15)11-14-6-3-2-4-7-14/h2-9,15H,10-12H2,1H3,(H,21,26). The van der Waals surface area contributed by atoms with Crippen LogP contribution in [0.25, 0.3) is 5.65 Å². The van der Waals surface area contributed by atoms with Crippen LogP contribution in [0.4, 0.5) is 0 Å². The summed E-state index contributed by atoms with van der Waals surface area (Å²) in [6, 6.07) is 11.4. The molecule has 3 aromatic rings. The Morgan fingerprint density at radius 2 is 2.08 bits per heavy atom. The Balaban J connectivity index is 1.47. The van der Waals surface area contributed by atoms with E-state index in [4.69, 9.17) is 0 Å². The van der Waals surface area contributed by atoms with Crippen LogP contribution in [0.2, 0.25) is 0 Å². The Hall–Kier alpha value is -3.22. The zero-order valence-electron chi connectivity index (χ0n) is 14.4. The normalized spacial score (nSPS) is 17.0. The maximum absolute atomic E-state index is 12.7. The van der Waals surface area contributed by atoms with Crippen LogP contribution in [0.3, 0.4) is 0 Å². The van der Waals surface area contributed by atoms with Crippen LogP contribution in [0.15, 0.2) is 48.8 Å². The molecular weight excluding hydrogens is 330 g/mol. The lowest BCUT2D eigenvalue weighted by Crippen LogP contribution is -2.37. The monoisotopic (exact) mass is 349 g/mol. The quantitative estimate of drug-likeness (QED) is 0.775. The maximum Gasteiger partial charge on any atom is 0.257 e. The Kier molecular flexibility index (Phi) is 4.12. The molecule has 1 aromatic carbocycles. The lowest BCUT2D eigenvalue weighted by atomic mass is 10.2. The summed E-state index contributed by atoms with van der Waals surface area (Å²) < 4.78 is 1.59. The van der Waals surface area contributed by atoms with E-state index in [9.17, 15) is 9.59 Å². The first kappa shape index (κ1) is 16.3. The molecule has 1 atom stereocenters. The van der Waals surface area contributed by atoms with Gasteiger partial charge in [0.1, 0.15) is 5.56 Å². The van der Waals surface area contributed by atoms with E-state index in [2.05, 4.69) is 15.4 Å². The van der Waals surface area contributed by atoms with Crippen molar-refractivity contribution in [3.63, 3.8) is 0 Å². The van der Waals surface area contributed by atoms with E-state index in [1.54, 1.807) is 34.8 Å². The summed E-state index contributed by atoms with van der Waals surface area (Å²) in [6.07, 6.45) is 3.70. The summed E-state index contributed by atoms with van der Waals surface area (Å²) in [5, 5.41) is 7.28. The minimum absolute atomic E-state index is 0.0499. The number of carbonyl (C=O) groups is 2. The van der Waals surface area contributed by atoms with Crippen molar-refractivity contribution in [2.75, 3.05) is 6.54 Å². The molecule has 2 amide bonds. The van der Waals surface area contributed by atoms with Gasteiger partial charge in [-0.2, -0.15) is 5.10 Å². The second-order valence-electron chi connectivity index (χ2n) is 6.48. The summed E-state index contributed by atoms with van der Waals surface area (Å²) in [6.45, 7) is 2.85. The first-order chi connectivity index (χ1) is 12.6. The predicted molar refractivity (Wildman–Crippen MR) is 95.5 cm³/mol. The number of nitrogens with one attached hydrogen (secondary N) is 1. The molecule has 132 valence electrons. The van der Waals surface area contributed by atoms with Crippen LogP contribution in [0.5, 0.6) is 0 Å². The lowest BCUT2D eigenvalue weighted by molar-refractivity contribution is -0.128. The smallest absolute Gasteiger partial charge is 0.257 e. The third-order valence-corrected chi connectivity index (χ3v) is 4.56. The highest BCUT2D eigenvalue weighted by molar-refractivity contribution is 6.01. The Morgan fingerprint density at radius 3 is 2.88 bits per heavy atom. The van der Waals surface area contributed by atoms with Gasteiger partial charge >= 0.3 is 0 Å². The molecule has 0 bridgehead atoms. The topological polar surface area (TPSA) is 79.6 Å². The van der Waals surface area contributed by atoms with Gasteiger partial charge in [-0.25, -0.2) is 9.50 Å². The molecule has 0 radical (unpaired) electrons. The zero-order chi connectivity index (χ0) is 18.1. The Labute approximate surface area is 150 Å². The third kappa shape index (κ3) is 3.03. The van der Waals surface area contributed by atoms with Crippen molar-refractivity contribution in [3.05, 3.63) is 65.6 Å². The van der Waals surface area contributed by atoms with Gasteiger partial charge in [0.05, 0.1) is 11.7 Å². The summed E-state index contributed by atoms with van der Waals surface area (Å²) in [5.41, 5.74) is 2.68. The molecule has 0 aliphatic carbocycles. The van der Waals surface area contributed by atoms with Gasteiger partial charge in [0.2, 0.25) is 5.91 Å². The molecule has 7 heteroatoms. The number of aryl methyl sites for hydroxylation is 1. The van der Waals surface area contributed by atoms with Gasteiger partial charge in [-0.05, 0) is 18.6 Å². The number of benzene rings is 1. The fraction of sp³-hybridized carbons (Fsp3) is 0.263. The van der Waals surface area contributed by atoms with Crippen LogP contribution in [0.1, 0.15) is 28.0 Å². The van der Waals surface area contributed by atoms with Gasteiger partial charge in [0.15, 0.2) is 5.65 Å². The van der Waals surface area contributed by atoms with Gasteiger partial charge in [-0.15, -0.1) is 0 Å². The number of amides is 2. The second-order valence-corrected chi connectivity index (χ2v) is 6.48. The van der Waals surface area contributed by atoms with Gasteiger partial charge in [0.25, 0.3) is 5.91 Å². The van der Waals surface area contributed by atoms with Crippen molar-refractivity contribution in [2.24, 2.45) is 0 Å². The van der Waals surface area contributed by atoms with Crippen molar-refractivity contribution < 1.29 is 9.59 Å². The summed E-state index contributed by atoms with van der Waals surface area (Å²) >= 11 is 0. The molecule has 1 aliphatic heterocycles. The molecule has 3 heterocycles. The molecular formula is C19H19N5O2. The van der Waals surface area contributed by atoms with Gasteiger partial charge in [-0.1, -0.05) is 30.3 Å². The van der Waals surface area contributed by atoms with Crippen molar-refractivity contribution in [2.45, 2.75) is 25.9 Å². The van der Waals surface area contributed by atoms with Gasteiger partial charge in [0, 0.05) is 31.9 Å². The molecule has 7 nitrogen and oxygen atoms in total.